The number of nitrogens with one attached hydrogen (secondary N) is 1. The summed E-state index contributed by atoms with van der Waals surface area (Å²) in [5, 5.41) is 0.238. The molecule has 2 aromatic heterocycles. The van der Waals surface area contributed by atoms with Gasteiger partial charge in [-0.3, -0.25) is 9.59 Å². The smallest absolute Gasteiger partial charge is 0.387 e. The van der Waals surface area contributed by atoms with Gasteiger partial charge < -0.3 is 19.4 Å². The first kappa shape index (κ1) is 25.0. The van der Waals surface area contributed by atoms with E-state index in [4.69, 9.17) is 4.74 Å². The summed E-state index contributed by atoms with van der Waals surface area (Å²) in [6.07, 6.45) is 0. The number of thioether (sulfide) groups is 1. The normalized spacial score (nSPS) is 12.2. The predicted octanol–water partition coefficient (Wildman–Crippen LogP) is 4.49. The Bertz CT molecular complexity index is 1210. The molecule has 1 N–H and O–H groups in total. The number of hydrogen-bond acceptors (Lipinski definition) is 7. The number of carbonyl (C=O) groups excluding carboxylic acids is 1. The highest BCUT2D eigenvalue weighted by Crippen LogP contribution is 2.30. The molecule has 0 aliphatic heterocycles. The molecule has 1 aromatic carbocycles. The van der Waals surface area contributed by atoms with Gasteiger partial charge in [-0.25, -0.2) is 4.98 Å². The van der Waals surface area contributed by atoms with Gasteiger partial charge in [-0.2, -0.15) is 8.78 Å². The number of fused-ring (bicyclic) bond motifs is 1. The number of rotatable bonds is 9. The van der Waals surface area contributed by atoms with Crippen LogP contribution in [0.25, 0.3) is 10.2 Å². The van der Waals surface area contributed by atoms with Crippen molar-refractivity contribution in [2.45, 2.75) is 44.9 Å². The largest absolute Gasteiger partial charge is 0.493 e. The number of aryl methyl sites for hydroxylation is 2. The lowest BCUT2D eigenvalue weighted by atomic mass is 10.2. The zero-order valence-corrected chi connectivity index (χ0v) is 20.5. The summed E-state index contributed by atoms with van der Waals surface area (Å²) in [7, 11) is 3.03. The summed E-state index contributed by atoms with van der Waals surface area (Å²) >= 11 is 2.86. The zero-order chi connectivity index (χ0) is 24.3. The van der Waals surface area contributed by atoms with Crippen molar-refractivity contribution in [2.24, 2.45) is 0 Å². The minimum Gasteiger partial charge on any atom is -0.493 e. The maximum Gasteiger partial charge on any atom is 0.387 e. The van der Waals surface area contributed by atoms with Crippen LogP contribution in [0.5, 0.6) is 11.5 Å². The van der Waals surface area contributed by atoms with Crippen LogP contribution in [0.1, 0.15) is 28.8 Å². The first-order valence-corrected chi connectivity index (χ1v) is 11.9. The fraction of sp³-hybridized carbons (Fsp3) is 0.409. The molecule has 0 spiro atoms. The molecule has 0 radical (unpaired) electrons. The number of nitrogens with zero attached hydrogens (tertiary/aromatic N) is 2. The molecule has 1 unspecified atom stereocenters. The topological polar surface area (TPSA) is 84.5 Å². The van der Waals surface area contributed by atoms with Crippen LogP contribution in [0.15, 0.2) is 23.0 Å². The van der Waals surface area contributed by atoms with Gasteiger partial charge in [-0.15, -0.1) is 23.1 Å². The van der Waals surface area contributed by atoms with Crippen LogP contribution in [-0.4, -0.2) is 46.8 Å². The van der Waals surface area contributed by atoms with E-state index < -0.39 is 6.61 Å². The minimum absolute atomic E-state index is 0.0660. The minimum atomic E-state index is -2.95. The molecule has 7 nitrogen and oxygen atoms in total. The molecule has 33 heavy (non-hydrogen) atoms. The molecule has 2 heterocycles. The van der Waals surface area contributed by atoms with Crippen molar-refractivity contribution in [1.29, 1.82) is 0 Å². The number of benzene rings is 1. The average molecular weight is 498 g/mol. The Labute approximate surface area is 198 Å². The number of carbonyl (C=O) groups is 1. The molecule has 0 saturated heterocycles. The van der Waals surface area contributed by atoms with E-state index in [2.05, 4.69) is 14.7 Å². The first-order valence-electron chi connectivity index (χ1n) is 10.1. The number of aromatic amines is 1. The number of H-pyrrole nitrogens is 1. The summed E-state index contributed by atoms with van der Waals surface area (Å²) in [6.45, 7) is 2.97. The third kappa shape index (κ3) is 5.83. The Morgan fingerprint density at radius 2 is 2.03 bits per heavy atom. The molecular formula is C22H25F2N3O4S2. The number of hydrogen-bond donors (Lipinski definition) is 1. The summed E-state index contributed by atoms with van der Waals surface area (Å²) in [4.78, 5) is 35.9. The van der Waals surface area contributed by atoms with Crippen molar-refractivity contribution in [1.82, 2.24) is 14.9 Å². The molecule has 11 heteroatoms. The highest BCUT2D eigenvalue weighted by molar-refractivity contribution is 7.99. The number of amides is 1. The van der Waals surface area contributed by atoms with Gasteiger partial charge in [0.2, 0.25) is 5.91 Å². The fourth-order valence-corrected chi connectivity index (χ4v) is 5.22. The van der Waals surface area contributed by atoms with Crippen molar-refractivity contribution in [3.05, 3.63) is 50.4 Å². The predicted molar refractivity (Wildman–Crippen MR) is 127 cm³/mol. The second-order valence-electron chi connectivity index (χ2n) is 7.49. The number of thiophene rings is 1. The molecule has 0 aliphatic carbocycles. The van der Waals surface area contributed by atoms with Crippen molar-refractivity contribution in [3.8, 4) is 11.5 Å². The lowest BCUT2D eigenvalue weighted by Crippen LogP contribution is -2.33. The Balaban J connectivity index is 1.63. The molecule has 3 rings (SSSR count). The highest BCUT2D eigenvalue weighted by atomic mass is 32.2. The van der Waals surface area contributed by atoms with Crippen LogP contribution < -0.4 is 15.0 Å². The van der Waals surface area contributed by atoms with E-state index in [0.717, 1.165) is 10.4 Å². The van der Waals surface area contributed by atoms with Gasteiger partial charge >= 0.3 is 6.61 Å². The van der Waals surface area contributed by atoms with Crippen molar-refractivity contribution >= 4 is 39.2 Å². The van der Waals surface area contributed by atoms with Gasteiger partial charge in [0.05, 0.1) is 23.5 Å². The van der Waals surface area contributed by atoms with Gasteiger partial charge in [-0.05, 0) is 44.0 Å². The molecule has 1 amide bonds. The zero-order valence-electron chi connectivity index (χ0n) is 18.9. The van der Waals surface area contributed by atoms with Crippen LogP contribution in [0.4, 0.5) is 8.78 Å². The molecule has 0 fully saturated rings. The second-order valence-corrected chi connectivity index (χ2v) is 10.0. The van der Waals surface area contributed by atoms with E-state index in [1.54, 1.807) is 31.0 Å². The van der Waals surface area contributed by atoms with Gasteiger partial charge in [0, 0.05) is 18.5 Å². The molecule has 178 valence electrons. The number of aromatic nitrogens is 2. The summed E-state index contributed by atoms with van der Waals surface area (Å²) in [5.41, 5.74) is 1.49. The third-order valence-electron chi connectivity index (χ3n) is 5.15. The summed E-state index contributed by atoms with van der Waals surface area (Å²) in [5.74, 6) is 0.901. The lowest BCUT2D eigenvalue weighted by molar-refractivity contribution is -0.129. The highest BCUT2D eigenvalue weighted by Gasteiger charge is 2.20. The number of methoxy groups -OCH3 is 1. The van der Waals surface area contributed by atoms with Crippen molar-refractivity contribution < 1.29 is 23.0 Å². The number of alkyl halides is 2. The maximum atomic E-state index is 12.8. The first-order chi connectivity index (χ1) is 15.6. The second kappa shape index (κ2) is 10.5. The third-order valence-corrected chi connectivity index (χ3v) is 7.39. The summed E-state index contributed by atoms with van der Waals surface area (Å²) in [6, 6.07) is 4.56. The molecule has 3 aromatic rings. The quantitative estimate of drug-likeness (QED) is 0.469. The Morgan fingerprint density at radius 1 is 1.30 bits per heavy atom. The standard InChI is InChI=1S/C22H25F2N3O4S2/c1-11-12(2)33-20-18(11)19(28)25-17(26-20)10-32-13(3)21(29)27(4)9-14-6-7-15(31-22(23)24)16(8-14)30-5/h6-8,13,22H,9-10H2,1-5H3,(H,25,26,28). The lowest BCUT2D eigenvalue weighted by Gasteiger charge is -2.22. The van der Waals surface area contributed by atoms with E-state index in [-0.39, 0.29) is 34.8 Å². The Hall–Kier alpha value is -2.66. The van der Waals surface area contributed by atoms with Crippen LogP contribution in [-0.2, 0) is 17.1 Å². The molecule has 1 atom stereocenters. The van der Waals surface area contributed by atoms with Crippen molar-refractivity contribution in [2.75, 3.05) is 14.2 Å². The monoisotopic (exact) mass is 497 g/mol. The fourth-order valence-electron chi connectivity index (χ4n) is 3.31. The van der Waals surface area contributed by atoms with E-state index in [1.165, 1.54) is 36.3 Å². The van der Waals surface area contributed by atoms with Gasteiger partial charge in [0.25, 0.3) is 5.56 Å². The Kier molecular flexibility index (Phi) is 7.96. The Morgan fingerprint density at radius 3 is 2.70 bits per heavy atom. The van der Waals surface area contributed by atoms with Crippen LogP contribution >= 0.6 is 23.1 Å². The number of halogens is 2. The molecule has 0 bridgehead atoms. The SMILES string of the molecule is COc1cc(CN(C)C(=O)C(C)SCc2nc3sc(C)c(C)c3c(=O)[nH]2)ccc1OC(F)F. The number of ether oxygens (including phenoxy) is 2. The van der Waals surface area contributed by atoms with Crippen molar-refractivity contribution in [3.63, 3.8) is 0 Å². The van der Waals surface area contributed by atoms with E-state index in [1.807, 2.05) is 13.8 Å². The van der Waals surface area contributed by atoms with Crippen LogP contribution in [0.2, 0.25) is 0 Å². The van der Waals surface area contributed by atoms with Crippen LogP contribution in [0.3, 0.4) is 0 Å². The maximum absolute atomic E-state index is 12.8. The van der Waals surface area contributed by atoms with Gasteiger partial charge in [-0.1, -0.05) is 6.07 Å². The molecule has 0 aliphatic rings. The van der Waals surface area contributed by atoms with E-state index >= 15 is 0 Å². The van der Waals surface area contributed by atoms with Crippen LogP contribution in [0, 0.1) is 13.8 Å². The van der Waals surface area contributed by atoms with Gasteiger partial charge in [0.15, 0.2) is 11.5 Å². The average Bonchev–Trinajstić information content (AvgIpc) is 3.05. The summed E-state index contributed by atoms with van der Waals surface area (Å²) < 4.78 is 34.5. The van der Waals surface area contributed by atoms with E-state index in [9.17, 15) is 18.4 Å². The van der Waals surface area contributed by atoms with E-state index in [0.29, 0.717) is 27.4 Å². The molecule has 0 saturated carbocycles. The van der Waals surface area contributed by atoms with Gasteiger partial charge in [0.1, 0.15) is 10.7 Å². The molecular weight excluding hydrogens is 472 g/mol.